The van der Waals surface area contributed by atoms with Crippen LogP contribution in [0.1, 0.15) is 25.3 Å². The molecule has 1 atom stereocenters. The predicted molar refractivity (Wildman–Crippen MR) is 65.5 cm³/mol. The third-order valence-corrected chi connectivity index (χ3v) is 2.83. The Morgan fingerprint density at radius 2 is 2.33 bits per heavy atom. The van der Waals surface area contributed by atoms with Crippen molar-refractivity contribution in [3.8, 4) is 5.75 Å². The second-order valence-electron chi connectivity index (χ2n) is 4.51. The van der Waals surface area contributed by atoms with Crippen molar-refractivity contribution in [3.05, 3.63) is 29.6 Å². The molecule has 1 amide bonds. The van der Waals surface area contributed by atoms with Crippen LogP contribution in [-0.2, 0) is 11.3 Å². The summed E-state index contributed by atoms with van der Waals surface area (Å²) in [6.07, 6.45) is 1.32. The highest BCUT2D eigenvalue weighted by atomic mass is 19.1. The maximum atomic E-state index is 13.6. The summed E-state index contributed by atoms with van der Waals surface area (Å²) in [5, 5.41) is 2.81. The van der Waals surface area contributed by atoms with Crippen LogP contribution in [-0.4, -0.2) is 18.1 Å². The van der Waals surface area contributed by atoms with Gasteiger partial charge in [0.2, 0.25) is 0 Å². The zero-order valence-corrected chi connectivity index (χ0v) is 10.3. The standard InChI is InChI=1S/C13H17FN2O2/c1-8(13(17)16-10-3-4-10)18-12-5-2-9(7-15)6-11(12)14/h2,5-6,8,10H,3-4,7,15H2,1H3,(H,16,17). The van der Waals surface area contributed by atoms with Crippen molar-refractivity contribution in [2.45, 2.75) is 38.5 Å². The highest BCUT2D eigenvalue weighted by Gasteiger charge is 2.26. The van der Waals surface area contributed by atoms with Gasteiger partial charge in [-0.25, -0.2) is 4.39 Å². The van der Waals surface area contributed by atoms with Gasteiger partial charge in [0.1, 0.15) is 0 Å². The molecular formula is C13H17FN2O2. The molecule has 1 saturated carbocycles. The lowest BCUT2D eigenvalue weighted by Crippen LogP contribution is -2.37. The first-order valence-electron chi connectivity index (χ1n) is 6.05. The van der Waals surface area contributed by atoms with Crippen molar-refractivity contribution in [2.75, 3.05) is 0 Å². The summed E-state index contributed by atoms with van der Waals surface area (Å²) in [7, 11) is 0. The molecule has 3 N–H and O–H groups in total. The molecule has 98 valence electrons. The van der Waals surface area contributed by atoms with E-state index in [-0.39, 0.29) is 24.2 Å². The van der Waals surface area contributed by atoms with E-state index >= 15 is 0 Å². The predicted octanol–water partition coefficient (Wildman–Crippen LogP) is 1.33. The summed E-state index contributed by atoms with van der Waals surface area (Å²) in [5.41, 5.74) is 6.10. The van der Waals surface area contributed by atoms with Crippen LogP contribution in [0, 0.1) is 5.82 Å². The van der Waals surface area contributed by atoms with Crippen LogP contribution in [0.4, 0.5) is 4.39 Å². The molecule has 0 bridgehead atoms. The van der Waals surface area contributed by atoms with Crippen LogP contribution >= 0.6 is 0 Å². The number of halogens is 1. The van der Waals surface area contributed by atoms with Gasteiger partial charge < -0.3 is 15.8 Å². The zero-order chi connectivity index (χ0) is 13.1. The SMILES string of the molecule is CC(Oc1ccc(CN)cc1F)C(=O)NC1CC1. The number of nitrogens with two attached hydrogens (primary N) is 1. The fourth-order valence-electron chi connectivity index (χ4n) is 1.56. The Balaban J connectivity index is 1.96. The van der Waals surface area contributed by atoms with Gasteiger partial charge in [-0.15, -0.1) is 0 Å². The Morgan fingerprint density at radius 3 is 2.89 bits per heavy atom. The first-order chi connectivity index (χ1) is 8.60. The average Bonchev–Trinajstić information content (AvgIpc) is 3.15. The van der Waals surface area contributed by atoms with Crippen LogP contribution in [0.3, 0.4) is 0 Å². The van der Waals surface area contributed by atoms with Gasteiger partial charge in [-0.1, -0.05) is 6.07 Å². The number of amides is 1. The van der Waals surface area contributed by atoms with E-state index in [2.05, 4.69) is 5.32 Å². The van der Waals surface area contributed by atoms with Crippen molar-refractivity contribution in [1.29, 1.82) is 0 Å². The summed E-state index contributed by atoms with van der Waals surface area (Å²) >= 11 is 0. The van der Waals surface area contributed by atoms with E-state index in [1.165, 1.54) is 12.1 Å². The van der Waals surface area contributed by atoms with E-state index in [4.69, 9.17) is 10.5 Å². The first kappa shape index (κ1) is 12.8. The highest BCUT2D eigenvalue weighted by molar-refractivity contribution is 5.81. The average molecular weight is 252 g/mol. The van der Waals surface area contributed by atoms with Gasteiger partial charge in [0.25, 0.3) is 5.91 Å². The summed E-state index contributed by atoms with van der Waals surface area (Å²) < 4.78 is 18.9. The van der Waals surface area contributed by atoms with Gasteiger partial charge in [0.05, 0.1) is 0 Å². The summed E-state index contributed by atoms with van der Waals surface area (Å²) in [5.74, 6) is -0.630. The fraction of sp³-hybridized carbons (Fsp3) is 0.462. The van der Waals surface area contributed by atoms with Gasteiger partial charge in [-0.05, 0) is 37.5 Å². The molecule has 4 nitrogen and oxygen atoms in total. The lowest BCUT2D eigenvalue weighted by molar-refractivity contribution is -0.127. The molecular weight excluding hydrogens is 235 g/mol. The van der Waals surface area contributed by atoms with Crippen LogP contribution in [0.25, 0.3) is 0 Å². The molecule has 0 saturated heterocycles. The molecule has 1 unspecified atom stereocenters. The second kappa shape index (κ2) is 5.35. The summed E-state index contributed by atoms with van der Waals surface area (Å²) in [4.78, 5) is 11.7. The van der Waals surface area contributed by atoms with Crippen molar-refractivity contribution < 1.29 is 13.9 Å². The molecule has 0 heterocycles. The largest absolute Gasteiger partial charge is 0.478 e. The van der Waals surface area contributed by atoms with Crippen molar-refractivity contribution in [3.63, 3.8) is 0 Å². The molecule has 1 aromatic rings. The Bertz CT molecular complexity index is 447. The number of hydrogen-bond acceptors (Lipinski definition) is 3. The number of nitrogens with one attached hydrogen (secondary N) is 1. The number of rotatable bonds is 5. The molecule has 0 aliphatic heterocycles. The first-order valence-corrected chi connectivity index (χ1v) is 6.05. The lowest BCUT2D eigenvalue weighted by Gasteiger charge is -2.15. The summed E-state index contributed by atoms with van der Waals surface area (Å²) in [6.45, 7) is 1.88. The van der Waals surface area contributed by atoms with E-state index < -0.39 is 11.9 Å². The molecule has 5 heteroatoms. The van der Waals surface area contributed by atoms with Crippen molar-refractivity contribution >= 4 is 5.91 Å². The van der Waals surface area contributed by atoms with Crippen LogP contribution in [0.5, 0.6) is 5.75 Å². The molecule has 1 aliphatic carbocycles. The Labute approximate surface area is 105 Å². The lowest BCUT2D eigenvalue weighted by atomic mass is 10.2. The maximum Gasteiger partial charge on any atom is 0.260 e. The molecule has 1 aromatic carbocycles. The van der Waals surface area contributed by atoms with Gasteiger partial charge in [-0.3, -0.25) is 4.79 Å². The van der Waals surface area contributed by atoms with Crippen LogP contribution in [0.15, 0.2) is 18.2 Å². The van der Waals surface area contributed by atoms with Gasteiger partial charge in [0.15, 0.2) is 17.7 Å². The van der Waals surface area contributed by atoms with E-state index in [0.717, 1.165) is 12.8 Å². The molecule has 1 fully saturated rings. The van der Waals surface area contributed by atoms with Gasteiger partial charge in [-0.2, -0.15) is 0 Å². The number of benzene rings is 1. The van der Waals surface area contributed by atoms with E-state index in [1.54, 1.807) is 13.0 Å². The monoisotopic (exact) mass is 252 g/mol. The minimum Gasteiger partial charge on any atom is -0.478 e. The second-order valence-corrected chi connectivity index (χ2v) is 4.51. The quantitative estimate of drug-likeness (QED) is 0.831. The number of ether oxygens (including phenoxy) is 1. The third kappa shape index (κ3) is 3.20. The van der Waals surface area contributed by atoms with E-state index in [9.17, 15) is 9.18 Å². The van der Waals surface area contributed by atoms with Crippen molar-refractivity contribution in [1.82, 2.24) is 5.32 Å². The molecule has 1 aliphatic rings. The van der Waals surface area contributed by atoms with Gasteiger partial charge in [0, 0.05) is 12.6 Å². The smallest absolute Gasteiger partial charge is 0.260 e. The maximum absolute atomic E-state index is 13.6. The minimum absolute atomic E-state index is 0.0747. The van der Waals surface area contributed by atoms with E-state index in [0.29, 0.717) is 5.56 Å². The van der Waals surface area contributed by atoms with Crippen LogP contribution in [0.2, 0.25) is 0 Å². The number of carbonyl (C=O) groups excluding carboxylic acids is 1. The Morgan fingerprint density at radius 1 is 1.61 bits per heavy atom. The Kier molecular flexibility index (Phi) is 3.81. The number of carbonyl (C=O) groups is 1. The van der Waals surface area contributed by atoms with E-state index in [1.807, 2.05) is 0 Å². The van der Waals surface area contributed by atoms with Gasteiger partial charge >= 0.3 is 0 Å². The molecule has 0 spiro atoms. The minimum atomic E-state index is -0.705. The molecule has 18 heavy (non-hydrogen) atoms. The molecule has 2 rings (SSSR count). The summed E-state index contributed by atoms with van der Waals surface area (Å²) in [6, 6.07) is 4.77. The highest BCUT2D eigenvalue weighted by Crippen LogP contribution is 2.21. The fourth-order valence-corrected chi connectivity index (χ4v) is 1.56. The normalized spacial score (nSPS) is 16.2. The zero-order valence-electron chi connectivity index (χ0n) is 10.3. The van der Waals surface area contributed by atoms with Crippen LogP contribution < -0.4 is 15.8 Å². The topological polar surface area (TPSA) is 64.3 Å². The van der Waals surface area contributed by atoms with Crippen molar-refractivity contribution in [2.24, 2.45) is 5.73 Å². The molecule has 0 aromatic heterocycles. The molecule has 0 radical (unpaired) electrons. The number of hydrogen-bond donors (Lipinski definition) is 2. The Hall–Kier alpha value is -1.62. The third-order valence-electron chi connectivity index (χ3n) is 2.83.